The first-order chi connectivity index (χ1) is 14.2. The van der Waals surface area contributed by atoms with Crippen LogP contribution in [0.2, 0.25) is 0 Å². The number of hydrogen-bond donors (Lipinski definition) is 2. The molecule has 3 heteroatoms. The summed E-state index contributed by atoms with van der Waals surface area (Å²) >= 11 is 0. The summed E-state index contributed by atoms with van der Waals surface area (Å²) in [4.78, 5) is 0. The molecule has 140 valence electrons. The number of nitrogens with one attached hydrogen (secondary N) is 1. The number of furan rings is 1. The maximum atomic E-state index is 7.92. The molecule has 5 rings (SSSR count). The zero-order chi connectivity index (χ0) is 19.8. The van der Waals surface area contributed by atoms with Crippen LogP contribution in [0.4, 0.5) is 0 Å². The van der Waals surface area contributed by atoms with Crippen LogP contribution in [-0.2, 0) is 6.42 Å². The summed E-state index contributed by atoms with van der Waals surface area (Å²) in [5.41, 5.74) is 12.7. The van der Waals surface area contributed by atoms with Crippen molar-refractivity contribution < 1.29 is 4.42 Å². The van der Waals surface area contributed by atoms with E-state index in [9.17, 15) is 0 Å². The standard InChI is InChI=1S/C26H20N2O/c27-26(28)22-15-14-20(24-21-8-4-5-9-23(21)29-25(22)24)19-12-10-18(11-13-19)16-17-6-2-1-3-7-17/h1-15H,16H2,(H3,27,28). The minimum absolute atomic E-state index is 0.0128. The second kappa shape index (κ2) is 6.95. The highest BCUT2D eigenvalue weighted by atomic mass is 16.3. The maximum absolute atomic E-state index is 7.92. The Morgan fingerprint density at radius 1 is 0.759 bits per heavy atom. The van der Waals surface area contributed by atoms with Crippen molar-refractivity contribution in [2.45, 2.75) is 6.42 Å². The molecule has 5 aromatic rings. The molecule has 0 fully saturated rings. The molecular formula is C26H20N2O. The van der Waals surface area contributed by atoms with Gasteiger partial charge in [0.05, 0.1) is 5.56 Å². The Balaban J connectivity index is 1.63. The van der Waals surface area contributed by atoms with Gasteiger partial charge in [-0.15, -0.1) is 0 Å². The lowest BCUT2D eigenvalue weighted by Crippen LogP contribution is -2.11. The number of nitrogen functional groups attached to an aromatic ring is 1. The molecule has 3 nitrogen and oxygen atoms in total. The molecule has 0 radical (unpaired) electrons. The number of hydrogen-bond acceptors (Lipinski definition) is 2. The fourth-order valence-corrected chi connectivity index (χ4v) is 3.91. The van der Waals surface area contributed by atoms with Gasteiger partial charge in [0, 0.05) is 10.8 Å². The molecule has 1 heterocycles. The van der Waals surface area contributed by atoms with E-state index in [1.54, 1.807) is 0 Å². The Kier molecular flexibility index (Phi) is 4.14. The summed E-state index contributed by atoms with van der Waals surface area (Å²) in [6.45, 7) is 0. The van der Waals surface area contributed by atoms with Gasteiger partial charge in [0.2, 0.25) is 0 Å². The Hall–Kier alpha value is -3.85. The topological polar surface area (TPSA) is 63.0 Å². The van der Waals surface area contributed by atoms with E-state index in [-0.39, 0.29) is 5.84 Å². The van der Waals surface area contributed by atoms with E-state index >= 15 is 0 Å². The summed E-state index contributed by atoms with van der Waals surface area (Å²) in [5.74, 6) is 0.0128. The molecule has 4 aromatic carbocycles. The third-order valence-corrected chi connectivity index (χ3v) is 5.33. The van der Waals surface area contributed by atoms with Crippen molar-refractivity contribution in [3.8, 4) is 11.1 Å². The highest BCUT2D eigenvalue weighted by Gasteiger charge is 2.17. The quantitative estimate of drug-likeness (QED) is 0.293. The number of nitrogens with two attached hydrogens (primary N) is 1. The molecule has 3 N–H and O–H groups in total. The van der Waals surface area contributed by atoms with Gasteiger partial charge in [-0.3, -0.25) is 5.41 Å². The van der Waals surface area contributed by atoms with Crippen LogP contribution in [0.5, 0.6) is 0 Å². The smallest absolute Gasteiger partial charge is 0.146 e. The molecule has 0 aliphatic carbocycles. The van der Waals surface area contributed by atoms with Gasteiger partial charge >= 0.3 is 0 Å². The molecule has 0 unspecified atom stereocenters. The Labute approximate surface area is 168 Å². The molecular weight excluding hydrogens is 356 g/mol. The van der Waals surface area contributed by atoms with E-state index in [1.807, 2.05) is 36.4 Å². The zero-order valence-electron chi connectivity index (χ0n) is 15.9. The van der Waals surface area contributed by atoms with Crippen molar-refractivity contribution in [3.63, 3.8) is 0 Å². The Morgan fingerprint density at radius 3 is 2.21 bits per heavy atom. The summed E-state index contributed by atoms with van der Waals surface area (Å²) in [5, 5.41) is 9.96. The maximum Gasteiger partial charge on any atom is 0.146 e. The van der Waals surface area contributed by atoms with Crippen LogP contribution in [-0.4, -0.2) is 5.84 Å². The van der Waals surface area contributed by atoms with Gasteiger partial charge in [0.15, 0.2) is 0 Å². The van der Waals surface area contributed by atoms with Gasteiger partial charge in [-0.2, -0.15) is 0 Å². The molecule has 1 aromatic heterocycles. The summed E-state index contributed by atoms with van der Waals surface area (Å²) in [7, 11) is 0. The molecule has 0 saturated heterocycles. The van der Waals surface area contributed by atoms with E-state index < -0.39 is 0 Å². The normalized spacial score (nSPS) is 11.2. The number of rotatable bonds is 4. The van der Waals surface area contributed by atoms with Crippen LogP contribution in [0.3, 0.4) is 0 Å². The molecule has 0 atom stereocenters. The molecule has 0 amide bonds. The van der Waals surface area contributed by atoms with Crippen LogP contribution < -0.4 is 5.73 Å². The monoisotopic (exact) mass is 376 g/mol. The van der Waals surface area contributed by atoms with Gasteiger partial charge < -0.3 is 10.2 Å². The fourth-order valence-electron chi connectivity index (χ4n) is 3.91. The summed E-state index contributed by atoms with van der Waals surface area (Å²) in [6.07, 6.45) is 0.911. The first kappa shape index (κ1) is 17.3. The van der Waals surface area contributed by atoms with Crippen molar-refractivity contribution in [2.24, 2.45) is 5.73 Å². The van der Waals surface area contributed by atoms with Crippen molar-refractivity contribution >= 4 is 27.8 Å². The SMILES string of the molecule is N=C(N)c1ccc(-c2ccc(Cc3ccccc3)cc2)c2c1oc1ccccc12. The van der Waals surface area contributed by atoms with E-state index in [2.05, 4.69) is 54.6 Å². The van der Waals surface area contributed by atoms with Crippen molar-refractivity contribution in [2.75, 3.05) is 0 Å². The highest BCUT2D eigenvalue weighted by Crippen LogP contribution is 2.38. The number of amidine groups is 1. The van der Waals surface area contributed by atoms with Gasteiger partial charge in [0.25, 0.3) is 0 Å². The zero-order valence-corrected chi connectivity index (χ0v) is 15.9. The fraction of sp³-hybridized carbons (Fsp3) is 0.0385. The average molecular weight is 376 g/mol. The van der Waals surface area contributed by atoms with Crippen molar-refractivity contribution in [1.29, 1.82) is 5.41 Å². The molecule has 0 saturated carbocycles. The molecule has 0 bridgehead atoms. The minimum Gasteiger partial charge on any atom is -0.455 e. The molecule has 29 heavy (non-hydrogen) atoms. The Bertz CT molecular complexity index is 1330. The van der Waals surface area contributed by atoms with Gasteiger partial charge in [-0.1, -0.05) is 78.9 Å². The highest BCUT2D eigenvalue weighted by molar-refractivity contribution is 6.18. The van der Waals surface area contributed by atoms with E-state index in [0.717, 1.165) is 33.9 Å². The lowest BCUT2D eigenvalue weighted by molar-refractivity contribution is 0.668. The van der Waals surface area contributed by atoms with Crippen molar-refractivity contribution in [1.82, 2.24) is 0 Å². The lowest BCUT2D eigenvalue weighted by Gasteiger charge is -2.08. The second-order valence-corrected chi connectivity index (χ2v) is 7.24. The second-order valence-electron chi connectivity index (χ2n) is 7.24. The van der Waals surface area contributed by atoms with Gasteiger partial charge in [-0.05, 0) is 40.8 Å². The van der Waals surface area contributed by atoms with Crippen LogP contribution in [0.25, 0.3) is 33.1 Å². The van der Waals surface area contributed by atoms with Crippen molar-refractivity contribution in [3.05, 3.63) is 108 Å². The number of para-hydroxylation sites is 1. The summed E-state index contributed by atoms with van der Waals surface area (Å²) in [6, 6.07) is 31.0. The molecule has 0 spiro atoms. The molecule has 0 aliphatic rings. The van der Waals surface area contributed by atoms with Crippen LogP contribution in [0.15, 0.2) is 95.4 Å². The third kappa shape index (κ3) is 3.07. The number of benzene rings is 4. The third-order valence-electron chi connectivity index (χ3n) is 5.33. The predicted molar refractivity (Wildman–Crippen MR) is 119 cm³/mol. The van der Waals surface area contributed by atoms with Crippen LogP contribution in [0.1, 0.15) is 16.7 Å². The predicted octanol–water partition coefficient (Wildman–Crippen LogP) is 6.13. The van der Waals surface area contributed by atoms with Gasteiger partial charge in [0.1, 0.15) is 17.0 Å². The van der Waals surface area contributed by atoms with E-state index in [0.29, 0.717) is 11.1 Å². The first-order valence-corrected chi connectivity index (χ1v) is 9.62. The van der Waals surface area contributed by atoms with E-state index in [1.165, 1.54) is 11.1 Å². The van der Waals surface area contributed by atoms with Crippen LogP contribution >= 0.6 is 0 Å². The van der Waals surface area contributed by atoms with Gasteiger partial charge in [-0.25, -0.2) is 0 Å². The number of fused-ring (bicyclic) bond motifs is 3. The summed E-state index contributed by atoms with van der Waals surface area (Å²) < 4.78 is 6.09. The first-order valence-electron chi connectivity index (χ1n) is 9.62. The lowest BCUT2D eigenvalue weighted by atomic mass is 9.95. The average Bonchev–Trinajstić information content (AvgIpc) is 3.14. The molecule has 0 aliphatic heterocycles. The van der Waals surface area contributed by atoms with Crippen LogP contribution in [0, 0.1) is 5.41 Å². The minimum atomic E-state index is 0.0128. The largest absolute Gasteiger partial charge is 0.455 e. The Morgan fingerprint density at radius 2 is 1.45 bits per heavy atom. The van der Waals surface area contributed by atoms with E-state index in [4.69, 9.17) is 15.6 Å².